The molecule has 5 nitrogen and oxygen atoms in total. The maximum atomic E-state index is 10.3. The second-order valence-electron chi connectivity index (χ2n) is 6.35. The second-order valence-corrected chi connectivity index (χ2v) is 8.18. The molecule has 4 aromatic rings. The zero-order chi connectivity index (χ0) is 20.2. The van der Waals surface area contributed by atoms with Crippen LogP contribution in [0, 0.1) is 0 Å². The van der Waals surface area contributed by atoms with E-state index >= 15 is 0 Å². The largest absolute Gasteiger partial charge is 0.491 e. The minimum absolute atomic E-state index is 0.177. The Labute approximate surface area is 182 Å². The third-order valence-corrected chi connectivity index (χ3v) is 5.78. The first-order valence-electron chi connectivity index (χ1n) is 8.89. The van der Waals surface area contributed by atoms with Gasteiger partial charge >= 0.3 is 0 Å². The van der Waals surface area contributed by atoms with E-state index in [1.807, 2.05) is 42.5 Å². The van der Waals surface area contributed by atoms with Crippen molar-refractivity contribution in [2.45, 2.75) is 11.3 Å². The van der Waals surface area contributed by atoms with Gasteiger partial charge in [-0.25, -0.2) is 0 Å². The highest BCUT2D eigenvalue weighted by molar-refractivity contribution is 7.99. The summed E-state index contributed by atoms with van der Waals surface area (Å²) in [6.45, 7) is 0.177. The second kappa shape index (κ2) is 9.05. The number of pyridine rings is 1. The van der Waals surface area contributed by atoms with E-state index in [4.69, 9.17) is 27.9 Å². The normalized spacial score (nSPS) is 12.2. The molecular formula is C21H17Cl2N3O2S. The van der Waals surface area contributed by atoms with E-state index < -0.39 is 6.10 Å². The first-order valence-corrected chi connectivity index (χ1v) is 10.6. The molecule has 29 heavy (non-hydrogen) atoms. The number of hydrogen-bond donors (Lipinski definition) is 1. The van der Waals surface area contributed by atoms with Crippen LogP contribution in [0.15, 0.2) is 72.0 Å². The molecule has 0 saturated heterocycles. The monoisotopic (exact) mass is 445 g/mol. The summed E-state index contributed by atoms with van der Waals surface area (Å²) in [5.74, 6) is 1.10. The average molecular weight is 446 g/mol. The Morgan fingerprint density at radius 1 is 1.00 bits per heavy atom. The Balaban J connectivity index is 1.32. The van der Waals surface area contributed by atoms with Gasteiger partial charge in [-0.3, -0.25) is 4.40 Å². The molecule has 0 saturated carbocycles. The van der Waals surface area contributed by atoms with Crippen molar-refractivity contribution in [3.63, 3.8) is 0 Å². The number of aromatic nitrogens is 3. The number of fused-ring (bicyclic) bond motifs is 1. The Hall–Kier alpha value is -2.25. The van der Waals surface area contributed by atoms with Crippen LogP contribution in [-0.2, 0) is 0 Å². The predicted molar refractivity (Wildman–Crippen MR) is 117 cm³/mol. The number of ether oxygens (including phenoxy) is 1. The van der Waals surface area contributed by atoms with Crippen LogP contribution in [0.1, 0.15) is 0 Å². The molecule has 2 heterocycles. The molecule has 0 amide bonds. The van der Waals surface area contributed by atoms with Crippen LogP contribution in [0.4, 0.5) is 0 Å². The van der Waals surface area contributed by atoms with E-state index in [-0.39, 0.29) is 6.61 Å². The molecule has 0 radical (unpaired) electrons. The molecule has 0 fully saturated rings. The number of thioether (sulfide) groups is 1. The predicted octanol–water partition coefficient (Wildman–Crippen LogP) is 5.24. The lowest BCUT2D eigenvalue weighted by Gasteiger charge is -2.12. The zero-order valence-electron chi connectivity index (χ0n) is 15.2. The summed E-state index contributed by atoms with van der Waals surface area (Å²) in [6, 6.07) is 19.6. The maximum absolute atomic E-state index is 10.3. The molecule has 0 spiro atoms. The Morgan fingerprint density at radius 2 is 1.72 bits per heavy atom. The van der Waals surface area contributed by atoms with Crippen molar-refractivity contribution in [3.8, 4) is 16.9 Å². The fourth-order valence-corrected chi connectivity index (χ4v) is 4.11. The highest BCUT2D eigenvalue weighted by atomic mass is 35.5. The van der Waals surface area contributed by atoms with Crippen LogP contribution in [0.25, 0.3) is 16.8 Å². The summed E-state index contributed by atoms with van der Waals surface area (Å²) in [6.07, 6.45) is 1.03. The maximum Gasteiger partial charge on any atom is 0.195 e. The lowest BCUT2D eigenvalue weighted by Crippen LogP contribution is -2.20. The summed E-state index contributed by atoms with van der Waals surface area (Å²) in [4.78, 5) is 0. The number of benzene rings is 2. The first kappa shape index (κ1) is 20.0. The van der Waals surface area contributed by atoms with Crippen molar-refractivity contribution in [3.05, 3.63) is 76.9 Å². The van der Waals surface area contributed by atoms with Crippen molar-refractivity contribution in [2.75, 3.05) is 12.4 Å². The van der Waals surface area contributed by atoms with Crippen LogP contribution in [0.5, 0.6) is 5.75 Å². The van der Waals surface area contributed by atoms with E-state index in [9.17, 15) is 5.11 Å². The first-order chi connectivity index (χ1) is 14.1. The number of aliphatic hydroxyl groups is 1. The number of nitrogens with zero attached hydrogens (tertiary/aromatic N) is 3. The van der Waals surface area contributed by atoms with Gasteiger partial charge in [-0.05, 0) is 29.3 Å². The molecule has 0 aliphatic heterocycles. The van der Waals surface area contributed by atoms with Crippen LogP contribution in [-0.4, -0.2) is 38.2 Å². The molecule has 4 rings (SSSR count). The zero-order valence-corrected chi connectivity index (χ0v) is 17.5. The van der Waals surface area contributed by atoms with Crippen molar-refractivity contribution in [2.24, 2.45) is 0 Å². The average Bonchev–Trinajstić information content (AvgIpc) is 3.15. The number of halogens is 2. The fraction of sp³-hybridized carbons (Fsp3) is 0.143. The summed E-state index contributed by atoms with van der Waals surface area (Å²) >= 11 is 13.5. The molecule has 1 N–H and O–H groups in total. The van der Waals surface area contributed by atoms with E-state index in [2.05, 4.69) is 22.3 Å². The Kier molecular flexibility index (Phi) is 6.25. The molecule has 8 heteroatoms. The third-order valence-electron chi connectivity index (χ3n) is 4.20. The summed E-state index contributed by atoms with van der Waals surface area (Å²) in [7, 11) is 0. The molecule has 0 unspecified atom stereocenters. The van der Waals surface area contributed by atoms with Gasteiger partial charge in [0.25, 0.3) is 0 Å². The van der Waals surface area contributed by atoms with Crippen LogP contribution in [0.3, 0.4) is 0 Å². The molecule has 148 valence electrons. The van der Waals surface area contributed by atoms with Gasteiger partial charge < -0.3 is 9.84 Å². The lowest BCUT2D eigenvalue weighted by molar-refractivity contribution is 0.126. The number of hydrogen-bond acceptors (Lipinski definition) is 5. The number of aliphatic hydroxyl groups excluding tert-OH is 1. The standard InChI is InChI=1S/C21H17Cl2N3O2S/c22-16-10-19(23)20-24-25-21(26(20)11-16)29-13-17(27)12-28-18-8-6-15(7-9-18)14-4-2-1-3-5-14/h1-11,17,27H,12-13H2/t17-/m0/s1. The van der Waals surface area contributed by atoms with E-state index in [1.54, 1.807) is 16.7 Å². The third kappa shape index (κ3) is 4.85. The van der Waals surface area contributed by atoms with Gasteiger partial charge in [0.15, 0.2) is 10.8 Å². The van der Waals surface area contributed by atoms with Gasteiger partial charge in [0.2, 0.25) is 0 Å². The van der Waals surface area contributed by atoms with Crippen molar-refractivity contribution >= 4 is 40.6 Å². The highest BCUT2D eigenvalue weighted by Crippen LogP contribution is 2.26. The number of rotatable bonds is 7. The van der Waals surface area contributed by atoms with E-state index in [0.29, 0.717) is 32.4 Å². The quantitative estimate of drug-likeness (QED) is 0.394. The molecule has 2 aromatic carbocycles. The van der Waals surface area contributed by atoms with Crippen molar-refractivity contribution in [1.29, 1.82) is 0 Å². The van der Waals surface area contributed by atoms with Crippen molar-refractivity contribution in [1.82, 2.24) is 14.6 Å². The molecule has 2 aromatic heterocycles. The van der Waals surface area contributed by atoms with Gasteiger partial charge in [-0.1, -0.05) is 77.4 Å². The SMILES string of the molecule is O[C@@H](COc1ccc(-c2ccccc2)cc1)CSc1nnc2c(Cl)cc(Cl)cn12. The highest BCUT2D eigenvalue weighted by Gasteiger charge is 2.13. The van der Waals surface area contributed by atoms with Gasteiger partial charge in [0, 0.05) is 11.9 Å². The molecule has 1 atom stereocenters. The van der Waals surface area contributed by atoms with Gasteiger partial charge in [0.1, 0.15) is 12.4 Å². The van der Waals surface area contributed by atoms with E-state index in [0.717, 1.165) is 11.1 Å². The topological polar surface area (TPSA) is 59.7 Å². The van der Waals surface area contributed by atoms with Crippen LogP contribution < -0.4 is 4.74 Å². The van der Waals surface area contributed by atoms with Gasteiger partial charge in [-0.15, -0.1) is 10.2 Å². The van der Waals surface area contributed by atoms with E-state index in [1.165, 1.54) is 11.8 Å². The summed E-state index contributed by atoms with van der Waals surface area (Å²) in [5, 5.41) is 20.0. The van der Waals surface area contributed by atoms with Crippen LogP contribution >= 0.6 is 35.0 Å². The van der Waals surface area contributed by atoms with Crippen molar-refractivity contribution < 1.29 is 9.84 Å². The fourth-order valence-electron chi connectivity index (χ4n) is 2.79. The Morgan fingerprint density at radius 3 is 2.48 bits per heavy atom. The molecular weight excluding hydrogens is 429 g/mol. The smallest absolute Gasteiger partial charge is 0.195 e. The lowest BCUT2D eigenvalue weighted by atomic mass is 10.1. The summed E-state index contributed by atoms with van der Waals surface area (Å²) in [5.41, 5.74) is 2.80. The van der Waals surface area contributed by atoms with Gasteiger partial charge in [0.05, 0.1) is 16.1 Å². The van der Waals surface area contributed by atoms with Crippen LogP contribution in [0.2, 0.25) is 10.0 Å². The molecule has 0 aliphatic carbocycles. The minimum Gasteiger partial charge on any atom is -0.491 e. The van der Waals surface area contributed by atoms with Gasteiger partial charge in [-0.2, -0.15) is 0 Å². The minimum atomic E-state index is -0.671. The molecule has 0 bridgehead atoms. The summed E-state index contributed by atoms with van der Waals surface area (Å²) < 4.78 is 7.42. The Bertz CT molecular complexity index is 1100. The molecule has 0 aliphatic rings.